The number of carbonyl (C=O) groups is 1. The summed E-state index contributed by atoms with van der Waals surface area (Å²) in [6.45, 7) is 3.45. The normalized spacial score (nSPS) is 16.4. The Bertz CT molecular complexity index is 717. The van der Waals surface area contributed by atoms with Gasteiger partial charge in [-0.05, 0) is 23.8 Å². The number of nitrogens with one attached hydrogen (secondary N) is 1. The van der Waals surface area contributed by atoms with Crippen LogP contribution in [-0.2, 0) is 4.74 Å². The van der Waals surface area contributed by atoms with Gasteiger partial charge in [0.25, 0.3) is 5.91 Å². The van der Waals surface area contributed by atoms with Crippen LogP contribution in [-0.4, -0.2) is 48.6 Å². The first-order valence-electron chi connectivity index (χ1n) is 8.20. The molecule has 1 aliphatic rings. The maximum absolute atomic E-state index is 13.3. The molecule has 132 valence electrons. The summed E-state index contributed by atoms with van der Waals surface area (Å²) in [5.41, 5.74) is 7.41. The minimum atomic E-state index is -0.505. The molecule has 0 spiro atoms. The summed E-state index contributed by atoms with van der Waals surface area (Å²) in [4.78, 5) is 17.9. The molecule has 1 aliphatic heterocycles. The van der Waals surface area contributed by atoms with Crippen LogP contribution in [0.25, 0.3) is 0 Å². The maximum Gasteiger partial charge on any atom is 0.250 e. The Hall–Kier alpha value is -2.51. The van der Waals surface area contributed by atoms with Gasteiger partial charge < -0.3 is 15.8 Å². The number of benzene rings is 1. The molecule has 1 fully saturated rings. The van der Waals surface area contributed by atoms with Gasteiger partial charge in [0, 0.05) is 25.8 Å². The molecule has 0 radical (unpaired) electrons. The van der Waals surface area contributed by atoms with E-state index in [1.807, 2.05) is 0 Å². The third-order valence-corrected chi connectivity index (χ3v) is 4.31. The van der Waals surface area contributed by atoms with Crippen molar-refractivity contribution in [3.05, 3.63) is 59.7 Å². The SMILES string of the molecule is NC(=O)c1ccncc1NCC(c1ccc(F)cc1)N1CCOCC1. The van der Waals surface area contributed by atoms with Gasteiger partial charge in [-0.3, -0.25) is 14.7 Å². The number of morpholine rings is 1. The van der Waals surface area contributed by atoms with Crippen molar-refractivity contribution < 1.29 is 13.9 Å². The number of anilines is 1. The number of amides is 1. The van der Waals surface area contributed by atoms with Gasteiger partial charge in [0.15, 0.2) is 0 Å². The number of rotatable bonds is 6. The fraction of sp³-hybridized carbons (Fsp3) is 0.333. The number of hydrogen-bond acceptors (Lipinski definition) is 5. The van der Waals surface area contributed by atoms with Crippen molar-refractivity contribution in [2.75, 3.05) is 38.2 Å². The molecular weight excluding hydrogens is 323 g/mol. The van der Waals surface area contributed by atoms with Crippen molar-refractivity contribution in [3.8, 4) is 0 Å². The Morgan fingerprint density at radius 1 is 1.28 bits per heavy atom. The molecule has 3 rings (SSSR count). The van der Waals surface area contributed by atoms with E-state index in [9.17, 15) is 9.18 Å². The van der Waals surface area contributed by atoms with Crippen LogP contribution in [0.2, 0.25) is 0 Å². The summed E-state index contributed by atoms with van der Waals surface area (Å²) >= 11 is 0. The molecule has 2 aromatic rings. The van der Waals surface area contributed by atoms with Gasteiger partial charge in [-0.15, -0.1) is 0 Å². The highest BCUT2D eigenvalue weighted by Crippen LogP contribution is 2.24. The lowest BCUT2D eigenvalue weighted by molar-refractivity contribution is 0.0187. The molecule has 2 heterocycles. The van der Waals surface area contributed by atoms with E-state index in [0.717, 1.165) is 18.7 Å². The zero-order chi connectivity index (χ0) is 17.6. The number of nitrogens with zero attached hydrogens (tertiary/aromatic N) is 2. The average Bonchev–Trinajstić information content (AvgIpc) is 2.64. The van der Waals surface area contributed by atoms with Gasteiger partial charge in [0.1, 0.15) is 5.82 Å². The van der Waals surface area contributed by atoms with Gasteiger partial charge in [-0.1, -0.05) is 12.1 Å². The lowest BCUT2D eigenvalue weighted by Gasteiger charge is -2.35. The molecular formula is C18H21FN4O2. The molecule has 1 saturated heterocycles. The van der Waals surface area contributed by atoms with Gasteiger partial charge >= 0.3 is 0 Å². The Kier molecular flexibility index (Phi) is 5.57. The van der Waals surface area contributed by atoms with Crippen molar-refractivity contribution in [2.45, 2.75) is 6.04 Å². The number of pyridine rings is 1. The first-order valence-corrected chi connectivity index (χ1v) is 8.20. The second-order valence-corrected chi connectivity index (χ2v) is 5.88. The van der Waals surface area contributed by atoms with Crippen LogP contribution >= 0.6 is 0 Å². The standard InChI is InChI=1S/C18H21FN4O2/c19-14-3-1-13(2-4-14)17(23-7-9-25-10-8-23)12-22-16-11-21-6-5-15(16)18(20)24/h1-6,11,17,22H,7-10,12H2,(H2,20,24). The van der Waals surface area contributed by atoms with Crippen LogP contribution in [0.3, 0.4) is 0 Å². The largest absolute Gasteiger partial charge is 0.381 e. The molecule has 6 nitrogen and oxygen atoms in total. The Morgan fingerprint density at radius 2 is 2.00 bits per heavy atom. The predicted molar refractivity (Wildman–Crippen MR) is 92.8 cm³/mol. The Balaban J connectivity index is 1.80. The van der Waals surface area contributed by atoms with Crippen molar-refractivity contribution in [2.24, 2.45) is 5.73 Å². The number of nitrogens with two attached hydrogens (primary N) is 1. The quantitative estimate of drug-likeness (QED) is 0.835. The summed E-state index contributed by atoms with van der Waals surface area (Å²) in [5, 5.41) is 3.27. The van der Waals surface area contributed by atoms with Crippen LogP contribution in [0, 0.1) is 5.82 Å². The fourth-order valence-electron chi connectivity index (χ4n) is 2.99. The molecule has 7 heteroatoms. The first-order chi connectivity index (χ1) is 12.1. The highest BCUT2D eigenvalue weighted by atomic mass is 19.1. The second kappa shape index (κ2) is 8.04. The van der Waals surface area contributed by atoms with Gasteiger partial charge in [0.05, 0.1) is 36.7 Å². The van der Waals surface area contributed by atoms with E-state index in [1.54, 1.807) is 24.4 Å². The molecule has 0 saturated carbocycles. The summed E-state index contributed by atoms with van der Waals surface area (Å²) in [5.74, 6) is -0.768. The number of carbonyl (C=O) groups excluding carboxylic acids is 1. The van der Waals surface area contributed by atoms with Gasteiger partial charge in [-0.2, -0.15) is 0 Å². The van der Waals surface area contributed by atoms with E-state index in [4.69, 9.17) is 10.5 Å². The molecule has 1 aromatic heterocycles. The molecule has 1 unspecified atom stereocenters. The van der Waals surface area contributed by atoms with Crippen LogP contribution in [0.5, 0.6) is 0 Å². The Morgan fingerprint density at radius 3 is 2.68 bits per heavy atom. The topological polar surface area (TPSA) is 80.5 Å². The number of aromatic nitrogens is 1. The van der Waals surface area contributed by atoms with Crippen molar-refractivity contribution in [1.82, 2.24) is 9.88 Å². The zero-order valence-corrected chi connectivity index (χ0v) is 13.8. The minimum Gasteiger partial charge on any atom is -0.381 e. The lowest BCUT2D eigenvalue weighted by atomic mass is 10.0. The molecule has 1 amide bonds. The number of hydrogen-bond donors (Lipinski definition) is 2. The van der Waals surface area contributed by atoms with Crippen LogP contribution in [0.1, 0.15) is 22.0 Å². The predicted octanol–water partition coefficient (Wildman–Crippen LogP) is 1.80. The molecule has 25 heavy (non-hydrogen) atoms. The fourth-order valence-corrected chi connectivity index (χ4v) is 2.99. The second-order valence-electron chi connectivity index (χ2n) is 5.88. The minimum absolute atomic E-state index is 0.0189. The van der Waals surface area contributed by atoms with E-state index in [-0.39, 0.29) is 11.9 Å². The van der Waals surface area contributed by atoms with Crippen molar-refractivity contribution in [3.63, 3.8) is 0 Å². The summed E-state index contributed by atoms with van der Waals surface area (Å²) in [6.07, 6.45) is 3.12. The van der Waals surface area contributed by atoms with E-state index in [2.05, 4.69) is 15.2 Å². The third kappa shape index (κ3) is 4.32. The monoisotopic (exact) mass is 344 g/mol. The number of halogens is 1. The van der Waals surface area contributed by atoms with Gasteiger partial charge in [-0.25, -0.2) is 4.39 Å². The summed E-state index contributed by atoms with van der Waals surface area (Å²) < 4.78 is 18.7. The lowest BCUT2D eigenvalue weighted by Crippen LogP contribution is -2.41. The summed E-state index contributed by atoms with van der Waals surface area (Å²) in [7, 11) is 0. The van der Waals surface area contributed by atoms with Crippen LogP contribution in [0.4, 0.5) is 10.1 Å². The molecule has 1 atom stereocenters. The summed E-state index contributed by atoms with van der Waals surface area (Å²) in [6, 6.07) is 8.10. The maximum atomic E-state index is 13.3. The van der Waals surface area contributed by atoms with Crippen LogP contribution < -0.4 is 11.1 Å². The van der Waals surface area contributed by atoms with Gasteiger partial charge in [0.2, 0.25) is 0 Å². The van der Waals surface area contributed by atoms with E-state index in [1.165, 1.54) is 18.3 Å². The smallest absolute Gasteiger partial charge is 0.250 e. The zero-order valence-electron chi connectivity index (χ0n) is 13.8. The van der Waals surface area contributed by atoms with E-state index < -0.39 is 5.91 Å². The molecule has 0 bridgehead atoms. The van der Waals surface area contributed by atoms with E-state index >= 15 is 0 Å². The first kappa shape index (κ1) is 17.3. The number of ether oxygens (including phenoxy) is 1. The van der Waals surface area contributed by atoms with Crippen molar-refractivity contribution >= 4 is 11.6 Å². The molecule has 1 aromatic carbocycles. The van der Waals surface area contributed by atoms with Crippen LogP contribution in [0.15, 0.2) is 42.7 Å². The average molecular weight is 344 g/mol. The van der Waals surface area contributed by atoms with E-state index in [0.29, 0.717) is 31.0 Å². The van der Waals surface area contributed by atoms with Crippen molar-refractivity contribution in [1.29, 1.82) is 0 Å². The number of primary amides is 1. The highest BCUT2D eigenvalue weighted by molar-refractivity contribution is 5.98. The molecule has 3 N–H and O–H groups in total. The Labute approximate surface area is 145 Å². The highest BCUT2D eigenvalue weighted by Gasteiger charge is 2.23. The molecule has 0 aliphatic carbocycles. The third-order valence-electron chi connectivity index (χ3n) is 4.31.